The average molecular weight is 273 g/mol. The Morgan fingerprint density at radius 1 is 1.12 bits per heavy atom. The van der Waals surface area contributed by atoms with Crippen molar-refractivity contribution in [1.82, 2.24) is 0 Å². The Morgan fingerprint density at radius 3 is 2.00 bits per heavy atom. The van der Waals surface area contributed by atoms with E-state index in [2.05, 4.69) is 3.77 Å². The van der Waals surface area contributed by atoms with Crippen LogP contribution in [0.25, 0.3) is 0 Å². The van der Waals surface area contributed by atoms with E-state index in [1.165, 1.54) is 0 Å². The van der Waals surface area contributed by atoms with Crippen molar-refractivity contribution in [3.05, 3.63) is 29.8 Å². The van der Waals surface area contributed by atoms with Gasteiger partial charge in [-0.3, -0.25) is 0 Å². The predicted molar refractivity (Wildman–Crippen MR) is 73.8 cm³/mol. The Kier molecular flexibility index (Phi) is 4.15. The second kappa shape index (κ2) is 4.90. The van der Waals surface area contributed by atoms with Gasteiger partial charge in [0.2, 0.25) is 0 Å². The summed E-state index contributed by atoms with van der Waals surface area (Å²) in [6.45, 7) is 7.89. The van der Waals surface area contributed by atoms with Crippen molar-refractivity contribution in [2.24, 2.45) is 3.77 Å². The van der Waals surface area contributed by atoms with Gasteiger partial charge < -0.3 is 0 Å². The van der Waals surface area contributed by atoms with Gasteiger partial charge in [-0.15, -0.1) is 3.77 Å². The first-order valence-corrected chi connectivity index (χ1v) is 8.37. The van der Waals surface area contributed by atoms with Gasteiger partial charge in [-0.1, -0.05) is 49.2 Å². The minimum Gasteiger partial charge on any atom is -0.199 e. The molecule has 17 heavy (non-hydrogen) atoms. The quantitative estimate of drug-likeness (QED) is 0.831. The van der Waals surface area contributed by atoms with Crippen molar-refractivity contribution in [3.63, 3.8) is 0 Å². The molecule has 0 amide bonds. The number of nitrogens with zero attached hydrogens (tertiary/aromatic N) is 1. The summed E-state index contributed by atoms with van der Waals surface area (Å²) in [5.41, 5.74) is 1.04. The predicted octanol–water partition coefficient (Wildman–Crippen LogP) is 2.91. The smallest absolute Gasteiger partial charge is 0.199 e. The summed E-state index contributed by atoms with van der Waals surface area (Å²) in [4.78, 5) is 0.270. The van der Waals surface area contributed by atoms with Crippen molar-refractivity contribution >= 4 is 20.7 Å². The maximum absolute atomic E-state index is 12.0. The molecular formula is C12H19NO2S2. The largest absolute Gasteiger partial charge is 0.287 e. The molecular weight excluding hydrogens is 254 g/mol. The van der Waals surface area contributed by atoms with Crippen molar-refractivity contribution in [2.75, 3.05) is 6.26 Å². The highest BCUT2D eigenvalue weighted by Crippen LogP contribution is 2.18. The zero-order chi connectivity index (χ0) is 13.3. The van der Waals surface area contributed by atoms with E-state index in [9.17, 15) is 8.42 Å². The van der Waals surface area contributed by atoms with Crippen molar-refractivity contribution in [2.45, 2.75) is 37.3 Å². The van der Waals surface area contributed by atoms with E-state index in [-0.39, 0.29) is 9.64 Å². The molecule has 0 radical (unpaired) electrons. The highest BCUT2D eigenvalue weighted by molar-refractivity contribution is 8.00. The summed E-state index contributed by atoms with van der Waals surface area (Å²) in [5, 5.41) is 0. The number of rotatable bonds is 2. The zero-order valence-corrected chi connectivity index (χ0v) is 12.5. The summed E-state index contributed by atoms with van der Waals surface area (Å²) in [6.07, 6.45) is 1.85. The van der Waals surface area contributed by atoms with Crippen molar-refractivity contribution in [1.29, 1.82) is 0 Å². The molecule has 0 aliphatic carbocycles. The van der Waals surface area contributed by atoms with Crippen molar-refractivity contribution < 1.29 is 8.42 Å². The molecule has 0 unspecified atom stereocenters. The van der Waals surface area contributed by atoms with E-state index in [1.807, 2.05) is 34.0 Å². The van der Waals surface area contributed by atoms with Crippen LogP contribution in [0, 0.1) is 6.92 Å². The Balaban J connectivity index is 3.18. The fourth-order valence-electron chi connectivity index (χ4n) is 1.01. The van der Waals surface area contributed by atoms with Gasteiger partial charge in [0.1, 0.15) is 0 Å². The Hall–Kier alpha value is -0.680. The average Bonchev–Trinajstić information content (AvgIpc) is 2.16. The maximum Gasteiger partial charge on any atom is 0.287 e. The first-order valence-electron chi connectivity index (χ1n) is 5.34. The molecule has 0 bridgehead atoms. The first kappa shape index (κ1) is 14.4. The highest BCUT2D eigenvalue weighted by Gasteiger charge is 2.18. The number of benzene rings is 1. The molecule has 5 heteroatoms. The molecule has 1 rings (SSSR count). The SMILES string of the molecule is Cc1ccc(S(=O)(=O)N=[S@@](C)C(C)(C)C)cc1. The summed E-state index contributed by atoms with van der Waals surface area (Å²) < 4.78 is 27.9. The molecule has 1 aromatic carbocycles. The standard InChI is InChI=1S/C12H19NO2S2/c1-10-6-8-11(9-7-10)17(14,15)13-16(5)12(2,3)4/h6-9H,1-5H3/t16-/m0/s1. The van der Waals surface area contributed by atoms with Gasteiger partial charge in [0, 0.05) is 4.75 Å². The minimum atomic E-state index is -3.52. The molecule has 1 aromatic rings. The lowest BCUT2D eigenvalue weighted by Gasteiger charge is -2.18. The van der Waals surface area contributed by atoms with Gasteiger partial charge in [-0.05, 0) is 25.3 Å². The fraction of sp³-hybridized carbons (Fsp3) is 0.500. The first-order chi connectivity index (χ1) is 7.63. The Morgan fingerprint density at radius 2 is 1.59 bits per heavy atom. The number of sulfonamides is 1. The second-order valence-corrected chi connectivity index (χ2v) is 9.15. The number of hydrogen-bond donors (Lipinski definition) is 0. The monoisotopic (exact) mass is 273 g/mol. The molecule has 1 atom stereocenters. The van der Waals surface area contributed by atoms with Crippen LogP contribution in [-0.2, 0) is 20.7 Å². The minimum absolute atomic E-state index is 0.127. The molecule has 0 heterocycles. The van der Waals surface area contributed by atoms with Gasteiger partial charge in [-0.2, -0.15) is 8.42 Å². The van der Waals surface area contributed by atoms with Crippen LogP contribution in [0.5, 0.6) is 0 Å². The molecule has 0 saturated carbocycles. The lowest BCUT2D eigenvalue weighted by molar-refractivity contribution is 0.598. The van der Waals surface area contributed by atoms with E-state index >= 15 is 0 Å². The molecule has 0 spiro atoms. The summed E-state index contributed by atoms with van der Waals surface area (Å²) in [5.74, 6) is 0. The van der Waals surface area contributed by atoms with Gasteiger partial charge in [-0.25, -0.2) is 0 Å². The lowest BCUT2D eigenvalue weighted by Crippen LogP contribution is -2.21. The zero-order valence-electron chi connectivity index (χ0n) is 10.9. The van der Waals surface area contributed by atoms with Crippen LogP contribution in [0.2, 0.25) is 0 Å². The summed E-state index contributed by atoms with van der Waals surface area (Å²) in [7, 11) is -4.05. The van der Waals surface area contributed by atoms with Gasteiger partial charge in [0.05, 0.1) is 4.90 Å². The van der Waals surface area contributed by atoms with E-state index < -0.39 is 20.7 Å². The van der Waals surface area contributed by atoms with Crippen LogP contribution in [0.3, 0.4) is 0 Å². The van der Waals surface area contributed by atoms with Crippen LogP contribution in [0.15, 0.2) is 32.9 Å². The molecule has 0 fully saturated rings. The number of aryl methyl sites for hydroxylation is 1. The van der Waals surface area contributed by atoms with Crippen LogP contribution in [0.4, 0.5) is 0 Å². The second-order valence-electron chi connectivity index (χ2n) is 4.95. The molecule has 3 nitrogen and oxygen atoms in total. The van der Waals surface area contributed by atoms with E-state index in [0.29, 0.717) is 0 Å². The Labute approximate surface area is 106 Å². The third-order valence-electron chi connectivity index (χ3n) is 2.42. The number of hydrogen-bond acceptors (Lipinski definition) is 2. The summed E-state index contributed by atoms with van der Waals surface area (Å²) >= 11 is 0. The third-order valence-corrected chi connectivity index (χ3v) is 6.73. The molecule has 0 N–H and O–H groups in total. The van der Waals surface area contributed by atoms with Gasteiger partial charge in [0.25, 0.3) is 10.0 Å². The van der Waals surface area contributed by atoms with E-state index in [0.717, 1.165) is 5.56 Å². The highest BCUT2D eigenvalue weighted by atomic mass is 32.3. The van der Waals surface area contributed by atoms with Crippen LogP contribution < -0.4 is 0 Å². The van der Waals surface area contributed by atoms with Gasteiger partial charge >= 0.3 is 0 Å². The topological polar surface area (TPSA) is 46.5 Å². The molecule has 0 aliphatic heterocycles. The summed E-state index contributed by atoms with van der Waals surface area (Å²) in [6, 6.07) is 6.78. The van der Waals surface area contributed by atoms with E-state index in [4.69, 9.17) is 0 Å². The normalized spacial score (nSPS) is 14.9. The lowest BCUT2D eigenvalue weighted by atomic mass is 10.2. The van der Waals surface area contributed by atoms with Crippen LogP contribution >= 0.6 is 0 Å². The van der Waals surface area contributed by atoms with Crippen LogP contribution in [0.1, 0.15) is 26.3 Å². The van der Waals surface area contributed by atoms with Crippen molar-refractivity contribution in [3.8, 4) is 0 Å². The molecule has 96 valence electrons. The van der Waals surface area contributed by atoms with Crippen LogP contribution in [-0.4, -0.2) is 19.4 Å². The molecule has 0 saturated heterocycles. The third kappa shape index (κ3) is 3.92. The molecule has 0 aliphatic rings. The fourth-order valence-corrected chi connectivity index (χ4v) is 3.91. The van der Waals surface area contributed by atoms with Gasteiger partial charge in [0.15, 0.2) is 0 Å². The Bertz CT molecular complexity index is 523. The maximum atomic E-state index is 12.0. The van der Waals surface area contributed by atoms with E-state index in [1.54, 1.807) is 24.3 Å². The molecule has 0 aromatic heterocycles.